The predicted molar refractivity (Wildman–Crippen MR) is 82.2 cm³/mol. The molecule has 2 nitrogen and oxygen atoms in total. The Hall–Kier alpha value is -2.23. The molecule has 4 heteroatoms. The number of hydrogen-bond acceptors (Lipinski definition) is 2. The van der Waals surface area contributed by atoms with E-state index in [-0.39, 0.29) is 11.3 Å². The highest BCUT2D eigenvalue weighted by Crippen LogP contribution is 2.29. The summed E-state index contributed by atoms with van der Waals surface area (Å²) in [6.07, 6.45) is 2.17. The van der Waals surface area contributed by atoms with E-state index in [4.69, 9.17) is 10.1 Å². The fraction of sp³-hybridized carbons (Fsp3) is 0.235. The van der Waals surface area contributed by atoms with Gasteiger partial charge in [-0.15, -0.1) is 0 Å². The van der Waals surface area contributed by atoms with Gasteiger partial charge < -0.3 is 10.1 Å². The second kappa shape index (κ2) is 8.15. The van der Waals surface area contributed by atoms with Crippen LogP contribution in [0.1, 0.15) is 19.4 Å². The summed E-state index contributed by atoms with van der Waals surface area (Å²) < 4.78 is 32.2. The Bertz CT molecular complexity index is 594. The summed E-state index contributed by atoms with van der Waals surface area (Å²) in [5.41, 5.74) is 2.07. The highest BCUT2D eigenvalue weighted by atomic mass is 19.2. The van der Waals surface area contributed by atoms with Crippen molar-refractivity contribution in [2.45, 2.75) is 20.3 Å². The first kappa shape index (κ1) is 16.8. The minimum atomic E-state index is -0.949. The summed E-state index contributed by atoms with van der Waals surface area (Å²) >= 11 is 0. The molecule has 0 aliphatic carbocycles. The van der Waals surface area contributed by atoms with Gasteiger partial charge in [-0.3, -0.25) is 0 Å². The van der Waals surface area contributed by atoms with E-state index in [1.807, 2.05) is 19.1 Å². The molecule has 2 aromatic carbocycles. The number of aryl methyl sites for hydroxylation is 1. The highest BCUT2D eigenvalue weighted by molar-refractivity contribution is 5.65. The van der Waals surface area contributed by atoms with Gasteiger partial charge in [0, 0.05) is 5.56 Å². The van der Waals surface area contributed by atoms with Crippen molar-refractivity contribution in [3.63, 3.8) is 0 Å². The lowest BCUT2D eigenvalue weighted by Gasteiger charge is -2.08. The lowest BCUT2D eigenvalue weighted by Crippen LogP contribution is -1.95. The molecule has 21 heavy (non-hydrogen) atoms. The Kier molecular flexibility index (Phi) is 6.53. The fourth-order valence-electron chi connectivity index (χ4n) is 1.83. The Morgan fingerprint density at radius 1 is 1.05 bits per heavy atom. The molecule has 0 aliphatic heterocycles. The standard InChI is InChI=1S/C15H14F2O.C2H5N/c1-3-10-4-6-11(7-5-10)12-8-9-13(18-2)15(17)14(12)16;1-2-3/h4-9H,3H2,1-2H3;2-3H,1H3. The van der Waals surface area contributed by atoms with Gasteiger partial charge in [-0.25, -0.2) is 4.39 Å². The number of halogens is 2. The minimum Gasteiger partial charge on any atom is -0.494 e. The molecular formula is C17H19F2NO. The number of nitrogens with one attached hydrogen (secondary N) is 1. The molecule has 0 heterocycles. The predicted octanol–water partition coefficient (Wildman–Crippen LogP) is 4.86. The Labute approximate surface area is 123 Å². The quantitative estimate of drug-likeness (QED) is 0.805. The molecule has 0 unspecified atom stereocenters. The normalized spacial score (nSPS) is 9.57. The Balaban J connectivity index is 0.000000677. The monoisotopic (exact) mass is 291 g/mol. The fourth-order valence-corrected chi connectivity index (χ4v) is 1.83. The van der Waals surface area contributed by atoms with Crippen molar-refractivity contribution in [3.8, 4) is 16.9 Å². The first-order valence-corrected chi connectivity index (χ1v) is 6.65. The van der Waals surface area contributed by atoms with Crippen LogP contribution >= 0.6 is 0 Å². The third kappa shape index (κ3) is 4.12. The van der Waals surface area contributed by atoms with Crippen molar-refractivity contribution < 1.29 is 13.5 Å². The van der Waals surface area contributed by atoms with Gasteiger partial charge in [-0.05, 0) is 42.8 Å². The second-order valence-corrected chi connectivity index (χ2v) is 4.28. The van der Waals surface area contributed by atoms with Crippen molar-refractivity contribution >= 4 is 6.21 Å². The van der Waals surface area contributed by atoms with Gasteiger partial charge in [0.2, 0.25) is 5.82 Å². The molecule has 0 aromatic heterocycles. The Morgan fingerprint density at radius 3 is 2.10 bits per heavy atom. The van der Waals surface area contributed by atoms with Crippen LogP contribution in [-0.2, 0) is 6.42 Å². The molecule has 0 radical (unpaired) electrons. The summed E-state index contributed by atoms with van der Waals surface area (Å²) in [5.74, 6) is -1.91. The maximum atomic E-state index is 13.9. The smallest absolute Gasteiger partial charge is 0.201 e. The van der Waals surface area contributed by atoms with Gasteiger partial charge in [0.15, 0.2) is 11.6 Å². The van der Waals surface area contributed by atoms with Crippen molar-refractivity contribution in [2.24, 2.45) is 0 Å². The van der Waals surface area contributed by atoms with Gasteiger partial charge in [0.05, 0.1) is 7.11 Å². The first-order valence-electron chi connectivity index (χ1n) is 6.65. The average molecular weight is 291 g/mol. The van der Waals surface area contributed by atoms with Crippen molar-refractivity contribution in [1.29, 1.82) is 5.41 Å². The molecule has 0 amide bonds. The van der Waals surface area contributed by atoms with E-state index < -0.39 is 11.6 Å². The van der Waals surface area contributed by atoms with Crippen LogP contribution in [0.3, 0.4) is 0 Å². The molecule has 2 rings (SSSR count). The topological polar surface area (TPSA) is 33.1 Å². The molecule has 0 atom stereocenters. The molecule has 0 bridgehead atoms. The zero-order chi connectivity index (χ0) is 15.8. The molecule has 1 N–H and O–H groups in total. The summed E-state index contributed by atoms with van der Waals surface area (Å²) in [7, 11) is 1.31. The van der Waals surface area contributed by atoms with Gasteiger partial charge in [-0.1, -0.05) is 31.2 Å². The van der Waals surface area contributed by atoms with Crippen molar-refractivity contribution in [3.05, 3.63) is 53.6 Å². The largest absolute Gasteiger partial charge is 0.494 e. The maximum Gasteiger partial charge on any atom is 0.201 e. The van der Waals surface area contributed by atoms with E-state index in [9.17, 15) is 8.78 Å². The van der Waals surface area contributed by atoms with Gasteiger partial charge >= 0.3 is 0 Å². The number of hydrogen-bond donors (Lipinski definition) is 1. The highest BCUT2D eigenvalue weighted by Gasteiger charge is 2.14. The molecule has 2 aromatic rings. The molecular weight excluding hydrogens is 272 g/mol. The van der Waals surface area contributed by atoms with Crippen molar-refractivity contribution in [2.75, 3.05) is 7.11 Å². The number of ether oxygens (including phenoxy) is 1. The molecule has 0 aliphatic rings. The SMILES string of the molecule is CC=N.CCc1ccc(-c2ccc(OC)c(F)c2F)cc1. The zero-order valence-electron chi connectivity index (χ0n) is 12.4. The van der Waals surface area contributed by atoms with E-state index >= 15 is 0 Å². The summed E-state index contributed by atoms with van der Waals surface area (Å²) in [6.45, 7) is 3.71. The third-order valence-corrected chi connectivity index (χ3v) is 2.94. The Morgan fingerprint density at radius 2 is 1.62 bits per heavy atom. The van der Waals surface area contributed by atoms with Crippen LogP contribution in [0, 0.1) is 17.0 Å². The first-order chi connectivity index (χ1) is 10.1. The van der Waals surface area contributed by atoms with Crippen LogP contribution in [0.5, 0.6) is 5.75 Å². The zero-order valence-corrected chi connectivity index (χ0v) is 12.4. The van der Waals surface area contributed by atoms with E-state index in [1.54, 1.807) is 19.1 Å². The van der Waals surface area contributed by atoms with Gasteiger partial charge in [0.1, 0.15) is 0 Å². The van der Waals surface area contributed by atoms with E-state index in [1.165, 1.54) is 25.5 Å². The maximum absolute atomic E-state index is 13.9. The number of benzene rings is 2. The lowest BCUT2D eigenvalue weighted by molar-refractivity contribution is 0.372. The van der Waals surface area contributed by atoms with Crippen molar-refractivity contribution in [1.82, 2.24) is 0 Å². The molecule has 0 fully saturated rings. The number of rotatable bonds is 3. The van der Waals surface area contributed by atoms with Crippen LogP contribution in [-0.4, -0.2) is 13.3 Å². The molecule has 112 valence electrons. The number of methoxy groups -OCH3 is 1. The third-order valence-electron chi connectivity index (χ3n) is 2.94. The molecule has 0 saturated heterocycles. The van der Waals surface area contributed by atoms with Crippen LogP contribution in [0.15, 0.2) is 36.4 Å². The lowest BCUT2D eigenvalue weighted by atomic mass is 10.0. The van der Waals surface area contributed by atoms with Gasteiger partial charge in [-0.2, -0.15) is 4.39 Å². The van der Waals surface area contributed by atoms with E-state index in [0.717, 1.165) is 12.0 Å². The van der Waals surface area contributed by atoms with Crippen LogP contribution in [0.2, 0.25) is 0 Å². The van der Waals surface area contributed by atoms with Crippen LogP contribution < -0.4 is 4.74 Å². The second-order valence-electron chi connectivity index (χ2n) is 4.28. The van der Waals surface area contributed by atoms with Crippen LogP contribution in [0.4, 0.5) is 8.78 Å². The van der Waals surface area contributed by atoms with E-state index in [2.05, 4.69) is 0 Å². The summed E-state index contributed by atoms with van der Waals surface area (Å²) in [5, 5.41) is 6.08. The van der Waals surface area contributed by atoms with E-state index in [0.29, 0.717) is 5.56 Å². The summed E-state index contributed by atoms with van der Waals surface area (Å²) in [6, 6.07) is 10.4. The van der Waals surface area contributed by atoms with Gasteiger partial charge in [0.25, 0.3) is 0 Å². The summed E-state index contributed by atoms with van der Waals surface area (Å²) in [4.78, 5) is 0. The molecule has 0 saturated carbocycles. The minimum absolute atomic E-state index is 0.0820. The van der Waals surface area contributed by atoms with Crippen LogP contribution in [0.25, 0.3) is 11.1 Å². The molecule has 0 spiro atoms. The average Bonchev–Trinajstić information content (AvgIpc) is 2.51.